The number of hydrogen-bond acceptors (Lipinski definition) is 3. The van der Waals surface area contributed by atoms with Crippen LogP contribution in [0.15, 0.2) is 17.4 Å². The van der Waals surface area contributed by atoms with E-state index in [-0.39, 0.29) is 5.41 Å². The first-order chi connectivity index (χ1) is 7.84. The smallest absolute Gasteiger partial charge is 0.205 e. The summed E-state index contributed by atoms with van der Waals surface area (Å²) in [4.78, 5) is 15.5. The average Bonchev–Trinajstić information content (AvgIpc) is 2.55. The second-order valence-electron chi connectivity index (χ2n) is 5.18. The third-order valence-corrected chi connectivity index (χ3v) is 2.86. The molecule has 0 spiro atoms. The molecule has 0 aliphatic rings. The highest BCUT2D eigenvalue weighted by molar-refractivity contribution is 6.33. The fraction of sp³-hybridized carbons (Fsp3) is 0.417. The van der Waals surface area contributed by atoms with E-state index in [1.54, 1.807) is 4.40 Å². The number of rotatable bonds is 1. The zero-order chi connectivity index (χ0) is 12.8. The van der Waals surface area contributed by atoms with E-state index in [0.29, 0.717) is 22.2 Å². The van der Waals surface area contributed by atoms with E-state index in [1.165, 1.54) is 0 Å². The molecule has 2 aromatic heterocycles. The largest absolute Gasteiger partial charge is 0.280 e. The minimum Gasteiger partial charge on any atom is -0.280 e. The van der Waals surface area contributed by atoms with Gasteiger partial charge in [0.1, 0.15) is 0 Å². The van der Waals surface area contributed by atoms with E-state index in [2.05, 4.69) is 10.2 Å². The molecular weight excluding hydrogens is 238 g/mol. The van der Waals surface area contributed by atoms with Crippen LogP contribution in [-0.2, 0) is 5.41 Å². The second kappa shape index (κ2) is 3.81. The van der Waals surface area contributed by atoms with Crippen LogP contribution in [0.4, 0.5) is 5.82 Å². The topological polar surface area (TPSA) is 46.7 Å². The third-order valence-electron chi connectivity index (χ3n) is 2.58. The third kappa shape index (κ3) is 1.93. The van der Waals surface area contributed by atoms with Crippen molar-refractivity contribution < 1.29 is 0 Å². The standard InChI is InChI=1S/C12H14ClN3O/c1-7-5-8(13)10-14-9(12(2,3)4)11(15-17)16(10)6-7/h5-6H,1-4H3. The number of aromatic nitrogens is 2. The molecule has 0 bridgehead atoms. The minimum atomic E-state index is -0.244. The highest BCUT2D eigenvalue weighted by Crippen LogP contribution is 2.34. The van der Waals surface area contributed by atoms with Crippen LogP contribution in [0.3, 0.4) is 0 Å². The molecule has 4 nitrogen and oxygen atoms in total. The lowest BCUT2D eigenvalue weighted by molar-refractivity contribution is 0.574. The maximum Gasteiger partial charge on any atom is 0.205 e. The molecule has 0 aliphatic carbocycles. The van der Waals surface area contributed by atoms with Crippen molar-refractivity contribution in [2.24, 2.45) is 5.18 Å². The Labute approximate surface area is 105 Å². The van der Waals surface area contributed by atoms with Crippen LogP contribution in [0.25, 0.3) is 5.65 Å². The summed E-state index contributed by atoms with van der Waals surface area (Å²) in [5, 5.41) is 3.63. The highest BCUT2D eigenvalue weighted by atomic mass is 35.5. The predicted molar refractivity (Wildman–Crippen MR) is 69.1 cm³/mol. The van der Waals surface area contributed by atoms with Crippen LogP contribution in [0, 0.1) is 11.8 Å². The normalized spacial score (nSPS) is 12.1. The highest BCUT2D eigenvalue weighted by Gasteiger charge is 2.25. The molecule has 0 atom stereocenters. The van der Waals surface area contributed by atoms with Gasteiger partial charge in [0.05, 0.1) is 10.7 Å². The van der Waals surface area contributed by atoms with Crippen molar-refractivity contribution in [3.05, 3.63) is 33.5 Å². The fourth-order valence-corrected chi connectivity index (χ4v) is 2.12. The van der Waals surface area contributed by atoms with Gasteiger partial charge in [-0.25, -0.2) is 4.98 Å². The SMILES string of the molecule is Cc1cc(Cl)c2nc(C(C)(C)C)c(N=O)n2c1. The van der Waals surface area contributed by atoms with Gasteiger partial charge in [-0.1, -0.05) is 32.4 Å². The number of pyridine rings is 1. The van der Waals surface area contributed by atoms with Crippen LogP contribution in [0.1, 0.15) is 32.0 Å². The van der Waals surface area contributed by atoms with Crippen molar-refractivity contribution in [1.82, 2.24) is 9.38 Å². The van der Waals surface area contributed by atoms with Gasteiger partial charge in [0.25, 0.3) is 0 Å². The monoisotopic (exact) mass is 251 g/mol. The lowest BCUT2D eigenvalue weighted by atomic mass is 9.92. The maximum atomic E-state index is 11.0. The van der Waals surface area contributed by atoms with E-state index in [1.807, 2.05) is 40.0 Å². The quantitative estimate of drug-likeness (QED) is 0.720. The van der Waals surface area contributed by atoms with Gasteiger partial charge in [0, 0.05) is 11.6 Å². The summed E-state index contributed by atoms with van der Waals surface area (Å²) in [5.41, 5.74) is 1.97. The van der Waals surface area contributed by atoms with Crippen molar-refractivity contribution in [3.8, 4) is 0 Å². The number of imidazole rings is 1. The van der Waals surface area contributed by atoms with Gasteiger partial charge in [-0.05, 0) is 23.7 Å². The van der Waals surface area contributed by atoms with E-state index in [0.717, 1.165) is 5.56 Å². The first-order valence-corrected chi connectivity index (χ1v) is 5.74. The summed E-state index contributed by atoms with van der Waals surface area (Å²) in [7, 11) is 0. The molecule has 0 fully saturated rings. The molecule has 0 N–H and O–H groups in total. The number of hydrogen-bond donors (Lipinski definition) is 0. The maximum absolute atomic E-state index is 11.0. The van der Waals surface area contributed by atoms with Crippen molar-refractivity contribution >= 4 is 23.1 Å². The van der Waals surface area contributed by atoms with Crippen LogP contribution < -0.4 is 0 Å². The Morgan fingerprint density at radius 3 is 2.59 bits per heavy atom. The molecule has 2 rings (SSSR count). The number of fused-ring (bicyclic) bond motifs is 1. The van der Waals surface area contributed by atoms with Gasteiger partial charge >= 0.3 is 0 Å². The summed E-state index contributed by atoms with van der Waals surface area (Å²) in [6.07, 6.45) is 1.82. The van der Waals surface area contributed by atoms with Crippen LogP contribution in [-0.4, -0.2) is 9.38 Å². The van der Waals surface area contributed by atoms with E-state index in [4.69, 9.17) is 11.6 Å². The lowest BCUT2D eigenvalue weighted by Gasteiger charge is -2.14. The zero-order valence-corrected chi connectivity index (χ0v) is 11.0. The van der Waals surface area contributed by atoms with Crippen LogP contribution >= 0.6 is 11.6 Å². The number of nitrogens with zero attached hydrogens (tertiary/aromatic N) is 3. The molecule has 5 heteroatoms. The summed E-state index contributed by atoms with van der Waals surface area (Å²) < 4.78 is 1.66. The van der Waals surface area contributed by atoms with E-state index >= 15 is 0 Å². The van der Waals surface area contributed by atoms with Gasteiger partial charge < -0.3 is 0 Å². The molecule has 2 aromatic rings. The minimum absolute atomic E-state index is 0.244. The Balaban J connectivity index is 2.90. The molecule has 0 radical (unpaired) electrons. The number of nitroso groups, excluding NO2 is 1. The van der Waals surface area contributed by atoms with Gasteiger partial charge in [0.15, 0.2) is 5.65 Å². The Morgan fingerprint density at radius 2 is 2.06 bits per heavy atom. The molecule has 90 valence electrons. The summed E-state index contributed by atoms with van der Waals surface area (Å²) in [6.45, 7) is 7.88. The Morgan fingerprint density at radius 1 is 1.41 bits per heavy atom. The van der Waals surface area contributed by atoms with E-state index in [9.17, 15) is 4.91 Å². The molecule has 0 amide bonds. The molecular formula is C12H14ClN3O. The fourth-order valence-electron chi connectivity index (χ4n) is 1.81. The first-order valence-electron chi connectivity index (χ1n) is 5.36. The zero-order valence-electron chi connectivity index (χ0n) is 10.3. The van der Waals surface area contributed by atoms with Gasteiger partial charge in [-0.15, -0.1) is 4.91 Å². The molecule has 0 saturated heterocycles. The van der Waals surface area contributed by atoms with Crippen molar-refractivity contribution in [1.29, 1.82) is 0 Å². The summed E-state index contributed by atoms with van der Waals surface area (Å²) in [5.74, 6) is 0.332. The second-order valence-corrected chi connectivity index (χ2v) is 5.59. The molecule has 17 heavy (non-hydrogen) atoms. The number of aryl methyl sites for hydroxylation is 1. The molecule has 0 aliphatic heterocycles. The first kappa shape index (κ1) is 12.0. The van der Waals surface area contributed by atoms with E-state index < -0.39 is 0 Å². The van der Waals surface area contributed by atoms with Crippen molar-refractivity contribution in [3.63, 3.8) is 0 Å². The summed E-state index contributed by atoms with van der Waals surface area (Å²) >= 11 is 6.13. The van der Waals surface area contributed by atoms with Crippen molar-refractivity contribution in [2.45, 2.75) is 33.1 Å². The Bertz CT molecular complexity index is 596. The van der Waals surface area contributed by atoms with Gasteiger partial charge in [-0.3, -0.25) is 4.40 Å². The average molecular weight is 252 g/mol. The molecule has 0 saturated carbocycles. The van der Waals surface area contributed by atoms with Gasteiger partial charge in [0.2, 0.25) is 5.82 Å². The predicted octanol–water partition coefficient (Wildman–Crippen LogP) is 3.99. The molecule has 0 aromatic carbocycles. The summed E-state index contributed by atoms with van der Waals surface area (Å²) in [6, 6.07) is 1.82. The van der Waals surface area contributed by atoms with Crippen LogP contribution in [0.2, 0.25) is 5.02 Å². The lowest BCUT2D eigenvalue weighted by Crippen LogP contribution is -2.11. The van der Waals surface area contributed by atoms with Crippen molar-refractivity contribution in [2.75, 3.05) is 0 Å². The van der Waals surface area contributed by atoms with Crippen LogP contribution in [0.5, 0.6) is 0 Å². The molecule has 2 heterocycles. The van der Waals surface area contributed by atoms with Gasteiger partial charge in [-0.2, -0.15) is 0 Å². The Kier molecular flexibility index (Phi) is 2.70. The molecule has 0 unspecified atom stereocenters. The number of halogens is 1. The Hall–Kier alpha value is -1.42.